The van der Waals surface area contributed by atoms with Gasteiger partial charge in [0.25, 0.3) is 0 Å². The normalized spacial score (nSPS) is 12.5. The number of nitrogens with zero attached hydrogens (tertiary/aromatic N) is 1. The highest BCUT2D eigenvalue weighted by molar-refractivity contribution is 9.10. The van der Waals surface area contributed by atoms with Gasteiger partial charge in [0.2, 0.25) is 0 Å². The van der Waals surface area contributed by atoms with Crippen molar-refractivity contribution in [2.24, 2.45) is 5.92 Å². The molecule has 112 valence electrons. The third kappa shape index (κ3) is 5.09. The number of hydrogen-bond donors (Lipinski definition) is 1. The maximum atomic E-state index is 11.1. The average molecular weight is 345 g/mol. The summed E-state index contributed by atoms with van der Waals surface area (Å²) in [5, 5.41) is 14.4. The molecule has 0 heterocycles. The lowest BCUT2D eigenvalue weighted by Crippen LogP contribution is -2.30. The van der Waals surface area contributed by atoms with Gasteiger partial charge in [-0.15, -0.1) is 0 Å². The molecule has 0 fully saturated rings. The molecule has 0 saturated carbocycles. The van der Waals surface area contributed by atoms with Gasteiger partial charge >= 0.3 is 5.69 Å². The van der Waals surface area contributed by atoms with Crippen molar-refractivity contribution >= 4 is 21.6 Å². The van der Waals surface area contributed by atoms with Crippen LogP contribution in [0.5, 0.6) is 5.75 Å². The highest BCUT2D eigenvalue weighted by atomic mass is 79.9. The minimum atomic E-state index is -0.413. The zero-order valence-corrected chi connectivity index (χ0v) is 13.9. The Balaban J connectivity index is 2.74. The predicted molar refractivity (Wildman–Crippen MR) is 83.3 cm³/mol. The second kappa shape index (κ2) is 7.59. The van der Waals surface area contributed by atoms with E-state index >= 15 is 0 Å². The molecule has 0 radical (unpaired) electrons. The Morgan fingerprint density at radius 3 is 2.60 bits per heavy atom. The lowest BCUT2D eigenvalue weighted by molar-refractivity contribution is -0.386. The summed E-state index contributed by atoms with van der Waals surface area (Å²) in [4.78, 5) is 10.7. The maximum absolute atomic E-state index is 11.1. The molecule has 6 heteroatoms. The van der Waals surface area contributed by atoms with Crippen LogP contribution in [0.1, 0.15) is 26.3 Å². The standard InChI is InChI=1S/C14H21BrN2O3/c1-9(2)16-7-10(3)8-20-14-11(4)5-12(15)6-13(14)17(18)19/h5-6,9-10,16H,7-8H2,1-4H3. The van der Waals surface area contributed by atoms with Crippen LogP contribution in [0.25, 0.3) is 0 Å². The van der Waals surface area contributed by atoms with Gasteiger partial charge in [-0.05, 0) is 18.6 Å². The van der Waals surface area contributed by atoms with E-state index in [1.54, 1.807) is 0 Å². The predicted octanol–water partition coefficient (Wildman–Crippen LogP) is 3.68. The summed E-state index contributed by atoms with van der Waals surface area (Å²) in [7, 11) is 0. The monoisotopic (exact) mass is 344 g/mol. The number of nitro groups is 1. The largest absolute Gasteiger partial charge is 0.486 e. The molecule has 0 saturated heterocycles. The Labute approximate surface area is 128 Å². The molecule has 0 aliphatic carbocycles. The van der Waals surface area contributed by atoms with Gasteiger partial charge in [-0.1, -0.05) is 36.7 Å². The van der Waals surface area contributed by atoms with Gasteiger partial charge in [-0.25, -0.2) is 0 Å². The number of benzene rings is 1. The summed E-state index contributed by atoms with van der Waals surface area (Å²) < 4.78 is 6.36. The van der Waals surface area contributed by atoms with Crippen LogP contribution in [-0.2, 0) is 0 Å². The van der Waals surface area contributed by atoms with E-state index in [4.69, 9.17) is 4.74 Å². The smallest absolute Gasteiger partial charge is 0.312 e. The molecule has 0 amide bonds. The maximum Gasteiger partial charge on any atom is 0.312 e. The van der Waals surface area contributed by atoms with Gasteiger partial charge in [0.05, 0.1) is 11.5 Å². The van der Waals surface area contributed by atoms with E-state index in [2.05, 4.69) is 42.0 Å². The van der Waals surface area contributed by atoms with Gasteiger partial charge in [0.1, 0.15) is 0 Å². The Morgan fingerprint density at radius 1 is 1.40 bits per heavy atom. The van der Waals surface area contributed by atoms with Crippen LogP contribution in [0.2, 0.25) is 0 Å². The van der Waals surface area contributed by atoms with Crippen molar-refractivity contribution in [1.29, 1.82) is 0 Å². The van der Waals surface area contributed by atoms with E-state index in [1.165, 1.54) is 6.07 Å². The average Bonchev–Trinajstić information content (AvgIpc) is 2.34. The van der Waals surface area contributed by atoms with E-state index in [-0.39, 0.29) is 11.6 Å². The number of rotatable bonds is 7. The first-order valence-corrected chi connectivity index (χ1v) is 7.41. The summed E-state index contributed by atoms with van der Waals surface area (Å²) in [5.74, 6) is 0.634. The zero-order chi connectivity index (χ0) is 15.3. The molecule has 0 aromatic heterocycles. The Bertz CT molecular complexity index is 478. The highest BCUT2D eigenvalue weighted by Crippen LogP contribution is 2.34. The van der Waals surface area contributed by atoms with E-state index in [1.807, 2.05) is 13.0 Å². The summed E-state index contributed by atoms with van der Waals surface area (Å²) in [6, 6.07) is 3.71. The fraction of sp³-hybridized carbons (Fsp3) is 0.571. The molecule has 5 nitrogen and oxygen atoms in total. The van der Waals surface area contributed by atoms with Gasteiger partial charge in [-0.3, -0.25) is 10.1 Å². The lowest BCUT2D eigenvalue weighted by atomic mass is 10.1. The second-order valence-electron chi connectivity index (χ2n) is 5.31. The number of nitrogens with one attached hydrogen (secondary N) is 1. The second-order valence-corrected chi connectivity index (χ2v) is 6.22. The topological polar surface area (TPSA) is 64.4 Å². The molecule has 0 aliphatic rings. The van der Waals surface area contributed by atoms with Crippen LogP contribution in [0.3, 0.4) is 0 Å². The number of ether oxygens (including phenoxy) is 1. The molecular weight excluding hydrogens is 324 g/mol. The van der Waals surface area contributed by atoms with Crippen molar-refractivity contribution in [1.82, 2.24) is 5.32 Å². The van der Waals surface area contributed by atoms with Crippen LogP contribution in [0.4, 0.5) is 5.69 Å². The Kier molecular flexibility index (Phi) is 6.42. The fourth-order valence-corrected chi connectivity index (χ4v) is 2.32. The van der Waals surface area contributed by atoms with Crippen molar-refractivity contribution in [3.63, 3.8) is 0 Å². The van der Waals surface area contributed by atoms with Crippen molar-refractivity contribution in [2.45, 2.75) is 33.7 Å². The minimum Gasteiger partial charge on any atom is -0.486 e. The first kappa shape index (κ1) is 16.9. The lowest BCUT2D eigenvalue weighted by Gasteiger charge is -2.16. The van der Waals surface area contributed by atoms with Crippen LogP contribution < -0.4 is 10.1 Å². The van der Waals surface area contributed by atoms with Crippen LogP contribution >= 0.6 is 15.9 Å². The first-order valence-electron chi connectivity index (χ1n) is 6.62. The van der Waals surface area contributed by atoms with Crippen molar-refractivity contribution < 1.29 is 9.66 Å². The molecule has 0 aliphatic heterocycles. The summed E-state index contributed by atoms with van der Waals surface area (Å²) >= 11 is 3.27. The molecule has 1 N–H and O–H groups in total. The van der Waals surface area contributed by atoms with Gasteiger partial charge < -0.3 is 10.1 Å². The van der Waals surface area contributed by atoms with Crippen molar-refractivity contribution in [3.05, 3.63) is 32.3 Å². The number of halogens is 1. The summed E-state index contributed by atoms with van der Waals surface area (Å²) in [6.07, 6.45) is 0. The van der Waals surface area contributed by atoms with Crippen LogP contribution in [-0.4, -0.2) is 24.1 Å². The number of aryl methyl sites for hydroxylation is 1. The third-order valence-electron chi connectivity index (χ3n) is 2.80. The molecule has 0 bridgehead atoms. The zero-order valence-electron chi connectivity index (χ0n) is 12.3. The molecule has 0 spiro atoms. The molecule has 1 rings (SSSR count). The highest BCUT2D eigenvalue weighted by Gasteiger charge is 2.19. The third-order valence-corrected chi connectivity index (χ3v) is 3.26. The van der Waals surface area contributed by atoms with Crippen LogP contribution in [0, 0.1) is 23.0 Å². The van der Waals surface area contributed by atoms with E-state index in [9.17, 15) is 10.1 Å². The quantitative estimate of drug-likeness (QED) is 0.605. The first-order chi connectivity index (χ1) is 9.31. The molecular formula is C14H21BrN2O3. The molecule has 1 unspecified atom stereocenters. The molecule has 1 aromatic rings. The summed E-state index contributed by atoms with van der Waals surface area (Å²) in [6.45, 7) is 9.29. The fourth-order valence-electron chi connectivity index (χ4n) is 1.76. The van der Waals surface area contributed by atoms with E-state index in [0.29, 0.717) is 22.9 Å². The van der Waals surface area contributed by atoms with Gasteiger partial charge in [-0.2, -0.15) is 0 Å². The SMILES string of the molecule is Cc1cc(Br)cc([N+](=O)[O-])c1OCC(C)CNC(C)C. The van der Waals surface area contributed by atoms with Crippen molar-refractivity contribution in [3.8, 4) is 5.75 Å². The Morgan fingerprint density at radius 2 is 2.05 bits per heavy atom. The molecule has 1 atom stereocenters. The van der Waals surface area contributed by atoms with Gasteiger partial charge in [0, 0.05) is 29.0 Å². The van der Waals surface area contributed by atoms with Crippen LogP contribution in [0.15, 0.2) is 16.6 Å². The summed E-state index contributed by atoms with van der Waals surface area (Å²) in [5.41, 5.74) is 0.760. The minimum absolute atomic E-state index is 0.000828. The number of nitro benzene ring substituents is 1. The number of hydrogen-bond acceptors (Lipinski definition) is 4. The Hall–Kier alpha value is -1.14. The molecule has 1 aromatic carbocycles. The van der Waals surface area contributed by atoms with E-state index < -0.39 is 4.92 Å². The molecule has 20 heavy (non-hydrogen) atoms. The van der Waals surface area contributed by atoms with E-state index in [0.717, 1.165) is 12.1 Å². The van der Waals surface area contributed by atoms with Gasteiger partial charge in [0.15, 0.2) is 5.75 Å². The van der Waals surface area contributed by atoms with Crippen molar-refractivity contribution in [2.75, 3.05) is 13.2 Å².